The van der Waals surface area contributed by atoms with E-state index in [4.69, 9.17) is 4.52 Å². The van der Waals surface area contributed by atoms with Crippen LogP contribution >= 0.6 is 0 Å². The van der Waals surface area contributed by atoms with E-state index in [0.717, 1.165) is 12.8 Å². The van der Waals surface area contributed by atoms with Crippen molar-refractivity contribution in [1.82, 2.24) is 10.1 Å². The number of aliphatic hydroxyl groups excluding tert-OH is 1. The second kappa shape index (κ2) is 6.73. The highest BCUT2D eigenvalue weighted by Gasteiger charge is 2.31. The third kappa shape index (κ3) is 3.19. The molecule has 1 N–H and O–H groups in total. The van der Waals surface area contributed by atoms with Crippen molar-refractivity contribution in [3.63, 3.8) is 0 Å². The summed E-state index contributed by atoms with van der Waals surface area (Å²) in [7, 11) is 0. The van der Waals surface area contributed by atoms with Gasteiger partial charge in [0.1, 0.15) is 23.2 Å². The monoisotopic (exact) mass is 332 g/mol. The van der Waals surface area contributed by atoms with E-state index in [-0.39, 0.29) is 23.0 Å². The van der Waals surface area contributed by atoms with Gasteiger partial charge < -0.3 is 14.5 Å². The first kappa shape index (κ1) is 16.6. The molecule has 2 heterocycles. The molecule has 6 heteroatoms. The molecule has 1 amide bonds. The van der Waals surface area contributed by atoms with Crippen LogP contribution < -0.4 is 0 Å². The first-order chi connectivity index (χ1) is 11.5. The molecule has 1 fully saturated rings. The van der Waals surface area contributed by atoms with Gasteiger partial charge in [0, 0.05) is 18.7 Å². The quantitative estimate of drug-likeness (QED) is 0.935. The van der Waals surface area contributed by atoms with Gasteiger partial charge in [0.15, 0.2) is 5.76 Å². The summed E-state index contributed by atoms with van der Waals surface area (Å²) in [5.74, 6) is 0.191. The lowest BCUT2D eigenvalue weighted by Gasteiger charge is -2.30. The van der Waals surface area contributed by atoms with Crippen molar-refractivity contribution in [3.8, 4) is 11.3 Å². The molecule has 0 aliphatic carbocycles. The van der Waals surface area contributed by atoms with E-state index < -0.39 is 6.10 Å². The van der Waals surface area contributed by atoms with E-state index in [2.05, 4.69) is 12.1 Å². The van der Waals surface area contributed by atoms with Crippen LogP contribution in [0.3, 0.4) is 0 Å². The SMILES string of the molecule is CC1CCN(C(=O)c2c(-c3ccc(F)cc3)noc2[C@H](C)O)CC1. The number of hydrogen-bond donors (Lipinski definition) is 1. The fourth-order valence-corrected chi connectivity index (χ4v) is 2.97. The summed E-state index contributed by atoms with van der Waals surface area (Å²) >= 11 is 0. The number of carbonyl (C=O) groups excluding carboxylic acids is 1. The highest BCUT2D eigenvalue weighted by Crippen LogP contribution is 2.31. The number of benzene rings is 1. The second-order valence-corrected chi connectivity index (χ2v) is 6.43. The largest absolute Gasteiger partial charge is 0.385 e. The minimum Gasteiger partial charge on any atom is -0.385 e. The number of amides is 1. The number of rotatable bonds is 3. The van der Waals surface area contributed by atoms with Gasteiger partial charge in [-0.05, 0) is 49.9 Å². The van der Waals surface area contributed by atoms with E-state index in [1.54, 1.807) is 17.0 Å². The zero-order valence-electron chi connectivity index (χ0n) is 13.8. The molecule has 1 saturated heterocycles. The lowest BCUT2D eigenvalue weighted by molar-refractivity contribution is 0.0686. The number of aromatic nitrogens is 1. The van der Waals surface area contributed by atoms with Gasteiger partial charge in [-0.3, -0.25) is 4.79 Å². The van der Waals surface area contributed by atoms with Gasteiger partial charge in [-0.15, -0.1) is 0 Å². The predicted molar refractivity (Wildman–Crippen MR) is 86.8 cm³/mol. The summed E-state index contributed by atoms with van der Waals surface area (Å²) in [4.78, 5) is 14.8. The summed E-state index contributed by atoms with van der Waals surface area (Å²) in [5, 5.41) is 13.9. The molecule has 24 heavy (non-hydrogen) atoms. The van der Waals surface area contributed by atoms with Crippen molar-refractivity contribution in [2.75, 3.05) is 13.1 Å². The fraction of sp³-hybridized carbons (Fsp3) is 0.444. The molecule has 0 bridgehead atoms. The van der Waals surface area contributed by atoms with Gasteiger partial charge in [0.25, 0.3) is 5.91 Å². The second-order valence-electron chi connectivity index (χ2n) is 6.43. The van der Waals surface area contributed by atoms with E-state index in [9.17, 15) is 14.3 Å². The molecule has 2 aromatic rings. The average Bonchev–Trinajstić information content (AvgIpc) is 3.01. The summed E-state index contributed by atoms with van der Waals surface area (Å²) in [6.07, 6.45) is 0.953. The lowest BCUT2D eigenvalue weighted by Crippen LogP contribution is -2.38. The van der Waals surface area contributed by atoms with Gasteiger partial charge >= 0.3 is 0 Å². The van der Waals surface area contributed by atoms with Crippen molar-refractivity contribution in [1.29, 1.82) is 0 Å². The van der Waals surface area contributed by atoms with Gasteiger partial charge in [-0.2, -0.15) is 0 Å². The first-order valence-electron chi connectivity index (χ1n) is 8.20. The smallest absolute Gasteiger partial charge is 0.259 e. The molecule has 1 aromatic carbocycles. The van der Waals surface area contributed by atoms with Gasteiger partial charge in [0.2, 0.25) is 0 Å². The zero-order valence-corrected chi connectivity index (χ0v) is 13.8. The normalized spacial score (nSPS) is 17.1. The Morgan fingerprint density at radius 1 is 1.33 bits per heavy atom. The van der Waals surface area contributed by atoms with Crippen LogP contribution in [-0.2, 0) is 0 Å². The zero-order chi connectivity index (χ0) is 17.3. The Kier molecular flexibility index (Phi) is 4.66. The van der Waals surface area contributed by atoms with E-state index >= 15 is 0 Å². The number of halogens is 1. The summed E-state index contributed by atoms with van der Waals surface area (Å²) < 4.78 is 18.4. The van der Waals surface area contributed by atoms with Crippen LogP contribution in [0.4, 0.5) is 4.39 Å². The average molecular weight is 332 g/mol. The fourth-order valence-electron chi connectivity index (χ4n) is 2.97. The Bertz CT molecular complexity index is 716. The Morgan fingerprint density at radius 2 is 1.96 bits per heavy atom. The lowest BCUT2D eigenvalue weighted by atomic mass is 9.97. The van der Waals surface area contributed by atoms with Crippen molar-refractivity contribution >= 4 is 5.91 Å². The molecule has 5 nitrogen and oxygen atoms in total. The van der Waals surface area contributed by atoms with Gasteiger partial charge in [-0.25, -0.2) is 4.39 Å². The third-order valence-electron chi connectivity index (χ3n) is 4.50. The molecule has 0 unspecified atom stereocenters. The summed E-state index contributed by atoms with van der Waals surface area (Å²) in [6, 6.07) is 5.72. The highest BCUT2D eigenvalue weighted by molar-refractivity contribution is 6.01. The van der Waals surface area contributed by atoms with Crippen LogP contribution in [0.25, 0.3) is 11.3 Å². The minimum absolute atomic E-state index is 0.151. The topological polar surface area (TPSA) is 66.6 Å². The van der Waals surface area contributed by atoms with Crippen molar-refractivity contribution < 1.29 is 18.8 Å². The van der Waals surface area contributed by atoms with Crippen LogP contribution in [-0.4, -0.2) is 34.2 Å². The number of piperidine rings is 1. The molecule has 3 rings (SSSR count). The molecular formula is C18H21FN2O3. The number of nitrogens with zero attached hydrogens (tertiary/aromatic N) is 2. The van der Waals surface area contributed by atoms with Crippen molar-refractivity contribution in [2.24, 2.45) is 5.92 Å². The summed E-state index contributed by atoms with van der Waals surface area (Å²) in [6.45, 7) is 5.05. The maximum absolute atomic E-state index is 13.2. The van der Waals surface area contributed by atoms with Crippen LogP contribution in [0.2, 0.25) is 0 Å². The molecule has 1 aromatic heterocycles. The van der Waals surface area contributed by atoms with Crippen LogP contribution in [0.1, 0.15) is 48.9 Å². The minimum atomic E-state index is -0.950. The Hall–Kier alpha value is -2.21. The summed E-state index contributed by atoms with van der Waals surface area (Å²) in [5.41, 5.74) is 1.20. The molecule has 0 saturated carbocycles. The standard InChI is InChI=1S/C18H21FN2O3/c1-11-7-9-21(10-8-11)18(23)15-16(20-24-17(15)12(2)22)13-3-5-14(19)6-4-13/h3-6,11-12,22H,7-10H2,1-2H3/t12-/m0/s1. The Balaban J connectivity index is 1.99. The van der Waals surface area contributed by atoms with Gasteiger partial charge in [-0.1, -0.05) is 12.1 Å². The predicted octanol–water partition coefficient (Wildman–Crippen LogP) is 3.41. The van der Waals surface area contributed by atoms with Crippen LogP contribution in [0, 0.1) is 11.7 Å². The molecule has 1 aliphatic heterocycles. The Labute approximate surface area is 140 Å². The maximum Gasteiger partial charge on any atom is 0.259 e. The highest BCUT2D eigenvalue weighted by atomic mass is 19.1. The Morgan fingerprint density at radius 3 is 2.54 bits per heavy atom. The number of likely N-dealkylation sites (tertiary alicyclic amines) is 1. The van der Waals surface area contributed by atoms with E-state index in [1.165, 1.54) is 19.1 Å². The molecule has 0 radical (unpaired) electrons. The molecule has 1 atom stereocenters. The number of carbonyl (C=O) groups is 1. The molecular weight excluding hydrogens is 311 g/mol. The molecule has 1 aliphatic rings. The van der Waals surface area contributed by atoms with Crippen molar-refractivity contribution in [3.05, 3.63) is 41.4 Å². The number of hydrogen-bond acceptors (Lipinski definition) is 4. The third-order valence-corrected chi connectivity index (χ3v) is 4.50. The van der Waals surface area contributed by atoms with Crippen molar-refractivity contribution in [2.45, 2.75) is 32.8 Å². The number of aliphatic hydroxyl groups is 1. The molecule has 0 spiro atoms. The molecule has 128 valence electrons. The maximum atomic E-state index is 13.2. The van der Waals surface area contributed by atoms with Crippen LogP contribution in [0.5, 0.6) is 0 Å². The first-order valence-corrected chi connectivity index (χ1v) is 8.20. The van der Waals surface area contributed by atoms with E-state index in [0.29, 0.717) is 30.3 Å². The van der Waals surface area contributed by atoms with E-state index in [1.807, 2.05) is 0 Å². The van der Waals surface area contributed by atoms with Crippen LogP contribution in [0.15, 0.2) is 28.8 Å². The van der Waals surface area contributed by atoms with Gasteiger partial charge in [0.05, 0.1) is 0 Å².